The van der Waals surface area contributed by atoms with Gasteiger partial charge < -0.3 is 10.5 Å². The molecule has 1 aliphatic carbocycles. The Morgan fingerprint density at radius 2 is 2.18 bits per heavy atom. The van der Waals surface area contributed by atoms with Crippen molar-refractivity contribution < 1.29 is 4.74 Å². The van der Waals surface area contributed by atoms with Crippen molar-refractivity contribution in [3.63, 3.8) is 0 Å². The van der Waals surface area contributed by atoms with E-state index in [1.807, 2.05) is 0 Å². The van der Waals surface area contributed by atoms with Gasteiger partial charge in [-0.3, -0.25) is 0 Å². The average Bonchev–Trinajstić information content (AvgIpc) is 2.63. The van der Waals surface area contributed by atoms with Crippen molar-refractivity contribution >= 4 is 11.3 Å². The third-order valence-electron chi connectivity index (χ3n) is 3.29. The molecule has 0 amide bonds. The maximum absolute atomic E-state index is 5.81. The summed E-state index contributed by atoms with van der Waals surface area (Å²) in [5.41, 5.74) is 6.89. The normalized spacial score (nSPS) is 24.7. The second kappa shape index (κ2) is 5.04. The minimum Gasteiger partial charge on any atom is -0.371 e. The van der Waals surface area contributed by atoms with E-state index >= 15 is 0 Å². The minimum atomic E-state index is 0.135. The molecule has 0 atom stereocenters. The number of nitrogens with two attached hydrogens (primary N) is 1. The highest BCUT2D eigenvalue weighted by Crippen LogP contribution is 2.30. The van der Waals surface area contributed by atoms with Crippen LogP contribution in [0, 0.1) is 5.92 Å². The zero-order valence-electron chi connectivity index (χ0n) is 10.9. The van der Waals surface area contributed by atoms with E-state index in [2.05, 4.69) is 31.1 Å². The number of nitrogens with zero attached hydrogens (tertiary/aromatic N) is 1. The third kappa shape index (κ3) is 3.27. The standard InChI is InChI=1S/C13H22N2OS/c1-13(2,3)11-8-17-12(15-11)7-16-10-4-9(5-10)6-14/h8-10H,4-7,14H2,1-3H3. The molecular formula is C13H22N2OS. The van der Waals surface area contributed by atoms with Crippen LogP contribution >= 0.6 is 11.3 Å². The summed E-state index contributed by atoms with van der Waals surface area (Å²) >= 11 is 1.70. The van der Waals surface area contributed by atoms with Gasteiger partial charge in [-0.1, -0.05) is 20.8 Å². The van der Waals surface area contributed by atoms with E-state index in [0.717, 1.165) is 30.1 Å². The number of aromatic nitrogens is 1. The number of ether oxygens (including phenoxy) is 1. The fourth-order valence-corrected chi connectivity index (χ4v) is 2.85. The highest BCUT2D eigenvalue weighted by molar-refractivity contribution is 7.09. The van der Waals surface area contributed by atoms with Gasteiger partial charge in [0, 0.05) is 10.8 Å². The smallest absolute Gasteiger partial charge is 0.119 e. The summed E-state index contributed by atoms with van der Waals surface area (Å²) in [5.74, 6) is 0.682. The van der Waals surface area contributed by atoms with E-state index < -0.39 is 0 Å². The number of thiazole rings is 1. The third-order valence-corrected chi connectivity index (χ3v) is 4.11. The molecule has 96 valence electrons. The van der Waals surface area contributed by atoms with E-state index in [1.165, 1.54) is 0 Å². The van der Waals surface area contributed by atoms with E-state index in [1.54, 1.807) is 11.3 Å². The Kier molecular flexibility index (Phi) is 3.85. The molecule has 2 N–H and O–H groups in total. The maximum Gasteiger partial charge on any atom is 0.119 e. The quantitative estimate of drug-likeness (QED) is 0.898. The Hall–Kier alpha value is -0.450. The van der Waals surface area contributed by atoms with Crippen LogP contribution in [0.5, 0.6) is 0 Å². The highest BCUT2D eigenvalue weighted by atomic mass is 32.1. The van der Waals surface area contributed by atoms with Gasteiger partial charge >= 0.3 is 0 Å². The van der Waals surface area contributed by atoms with Crippen molar-refractivity contribution in [2.24, 2.45) is 11.7 Å². The zero-order valence-corrected chi connectivity index (χ0v) is 11.7. The summed E-state index contributed by atoms with van der Waals surface area (Å²) < 4.78 is 5.81. The molecule has 1 aliphatic rings. The molecule has 4 heteroatoms. The molecule has 1 aromatic rings. The topological polar surface area (TPSA) is 48.1 Å². The van der Waals surface area contributed by atoms with Crippen molar-refractivity contribution in [3.05, 3.63) is 16.1 Å². The number of hydrogen-bond donors (Lipinski definition) is 1. The summed E-state index contributed by atoms with van der Waals surface area (Å²) in [7, 11) is 0. The first kappa shape index (κ1) is 13.0. The lowest BCUT2D eigenvalue weighted by molar-refractivity contribution is -0.0376. The van der Waals surface area contributed by atoms with Crippen molar-refractivity contribution in [2.45, 2.75) is 51.7 Å². The molecule has 0 unspecified atom stereocenters. The van der Waals surface area contributed by atoms with Crippen LogP contribution in [0.15, 0.2) is 5.38 Å². The Morgan fingerprint density at radius 1 is 1.47 bits per heavy atom. The van der Waals surface area contributed by atoms with Gasteiger partial charge in [-0.15, -0.1) is 11.3 Å². The van der Waals surface area contributed by atoms with Gasteiger partial charge in [0.05, 0.1) is 18.4 Å². The van der Waals surface area contributed by atoms with Gasteiger partial charge in [0.15, 0.2) is 0 Å². The summed E-state index contributed by atoms with van der Waals surface area (Å²) in [4.78, 5) is 4.62. The molecule has 0 bridgehead atoms. The Bertz CT molecular complexity index is 364. The molecule has 0 radical (unpaired) electrons. The molecule has 1 aromatic heterocycles. The van der Waals surface area contributed by atoms with Crippen LogP contribution in [0.3, 0.4) is 0 Å². The zero-order chi connectivity index (χ0) is 12.5. The fourth-order valence-electron chi connectivity index (χ4n) is 1.91. The SMILES string of the molecule is CC(C)(C)c1csc(COC2CC(CN)C2)n1. The van der Waals surface area contributed by atoms with Crippen LogP contribution < -0.4 is 5.73 Å². The molecule has 3 nitrogen and oxygen atoms in total. The van der Waals surface area contributed by atoms with E-state index in [4.69, 9.17) is 10.5 Å². The molecule has 17 heavy (non-hydrogen) atoms. The van der Waals surface area contributed by atoms with Crippen molar-refractivity contribution in [3.8, 4) is 0 Å². The average molecular weight is 254 g/mol. The van der Waals surface area contributed by atoms with Crippen molar-refractivity contribution in [2.75, 3.05) is 6.54 Å². The monoisotopic (exact) mass is 254 g/mol. The van der Waals surface area contributed by atoms with Crippen LogP contribution in [-0.4, -0.2) is 17.6 Å². The first-order chi connectivity index (χ1) is 7.99. The van der Waals surface area contributed by atoms with Crippen molar-refractivity contribution in [1.82, 2.24) is 4.98 Å². The van der Waals surface area contributed by atoms with Crippen LogP contribution in [0.2, 0.25) is 0 Å². The molecule has 1 fully saturated rings. The maximum atomic E-state index is 5.81. The largest absolute Gasteiger partial charge is 0.371 e. The second-order valence-corrected chi connectivity index (χ2v) is 6.83. The van der Waals surface area contributed by atoms with Crippen molar-refractivity contribution in [1.29, 1.82) is 0 Å². The van der Waals surface area contributed by atoms with Crippen LogP contribution in [0.25, 0.3) is 0 Å². The van der Waals surface area contributed by atoms with Crippen LogP contribution in [0.1, 0.15) is 44.3 Å². The van der Waals surface area contributed by atoms with Crippen LogP contribution in [-0.2, 0) is 16.8 Å². The second-order valence-electron chi connectivity index (χ2n) is 5.88. The van der Waals surface area contributed by atoms with E-state index in [9.17, 15) is 0 Å². The Labute approximate surface area is 107 Å². The molecule has 0 saturated heterocycles. The molecule has 0 aliphatic heterocycles. The van der Waals surface area contributed by atoms with E-state index in [0.29, 0.717) is 18.6 Å². The first-order valence-electron chi connectivity index (χ1n) is 6.25. The Morgan fingerprint density at radius 3 is 2.71 bits per heavy atom. The molecule has 1 heterocycles. The highest BCUT2D eigenvalue weighted by Gasteiger charge is 2.28. The molecule has 1 saturated carbocycles. The summed E-state index contributed by atoms with van der Waals surface area (Å²) in [6, 6.07) is 0. The lowest BCUT2D eigenvalue weighted by atomic mass is 9.82. The van der Waals surface area contributed by atoms with Gasteiger partial charge in [-0.25, -0.2) is 4.98 Å². The fraction of sp³-hybridized carbons (Fsp3) is 0.769. The number of rotatable bonds is 4. The molecule has 2 rings (SSSR count). The summed E-state index contributed by atoms with van der Waals surface area (Å²) in [6.07, 6.45) is 2.65. The predicted octanol–water partition coefficient (Wildman–Crippen LogP) is 2.69. The van der Waals surface area contributed by atoms with Gasteiger partial charge in [0.25, 0.3) is 0 Å². The van der Waals surface area contributed by atoms with Gasteiger partial charge in [-0.05, 0) is 25.3 Å². The first-order valence-corrected chi connectivity index (χ1v) is 7.13. The Balaban J connectivity index is 1.78. The van der Waals surface area contributed by atoms with E-state index in [-0.39, 0.29) is 5.41 Å². The summed E-state index contributed by atoms with van der Waals surface area (Å²) in [5, 5.41) is 3.23. The lowest BCUT2D eigenvalue weighted by Gasteiger charge is -2.33. The van der Waals surface area contributed by atoms with Crippen LogP contribution in [0.4, 0.5) is 0 Å². The minimum absolute atomic E-state index is 0.135. The molecule has 0 aromatic carbocycles. The molecular weight excluding hydrogens is 232 g/mol. The summed E-state index contributed by atoms with van der Waals surface area (Å²) in [6.45, 7) is 8.01. The number of hydrogen-bond acceptors (Lipinski definition) is 4. The van der Waals surface area contributed by atoms with Gasteiger partial charge in [0.1, 0.15) is 5.01 Å². The lowest BCUT2D eigenvalue weighted by Crippen LogP contribution is -2.35. The van der Waals surface area contributed by atoms with Gasteiger partial charge in [-0.2, -0.15) is 0 Å². The predicted molar refractivity (Wildman–Crippen MR) is 71.2 cm³/mol. The molecule has 0 spiro atoms. The van der Waals surface area contributed by atoms with Gasteiger partial charge in [0.2, 0.25) is 0 Å².